The zero-order valence-corrected chi connectivity index (χ0v) is 12.1. The molecule has 0 aliphatic rings. The van der Waals surface area contributed by atoms with Gasteiger partial charge in [-0.05, 0) is 36.8 Å². The van der Waals surface area contributed by atoms with Gasteiger partial charge in [0, 0.05) is 22.9 Å². The number of halogens is 1. The summed E-state index contributed by atoms with van der Waals surface area (Å²) in [5.41, 5.74) is 2.16. The molecular formula is C16H17ClN2O. The SMILES string of the molecule is CCCNc1ccccc1C(=O)Nc1cccc(Cl)c1. The molecule has 0 radical (unpaired) electrons. The molecule has 0 aromatic heterocycles. The van der Waals surface area contributed by atoms with Crippen LogP contribution >= 0.6 is 11.6 Å². The van der Waals surface area contributed by atoms with Crippen LogP contribution in [0.5, 0.6) is 0 Å². The van der Waals surface area contributed by atoms with Gasteiger partial charge in [-0.3, -0.25) is 4.79 Å². The van der Waals surface area contributed by atoms with Gasteiger partial charge in [-0.15, -0.1) is 0 Å². The number of anilines is 2. The summed E-state index contributed by atoms with van der Waals surface area (Å²) < 4.78 is 0. The third kappa shape index (κ3) is 3.75. The van der Waals surface area contributed by atoms with Crippen molar-refractivity contribution in [2.75, 3.05) is 17.2 Å². The number of para-hydroxylation sites is 1. The van der Waals surface area contributed by atoms with Gasteiger partial charge in [-0.2, -0.15) is 0 Å². The second-order valence-electron chi connectivity index (χ2n) is 4.44. The maximum absolute atomic E-state index is 12.3. The third-order valence-corrected chi connectivity index (χ3v) is 3.05. The fraction of sp³-hybridized carbons (Fsp3) is 0.188. The molecule has 0 aliphatic heterocycles. The van der Waals surface area contributed by atoms with Crippen molar-refractivity contribution in [2.24, 2.45) is 0 Å². The average molecular weight is 289 g/mol. The van der Waals surface area contributed by atoms with Crippen LogP contribution in [0.1, 0.15) is 23.7 Å². The molecule has 2 aromatic carbocycles. The minimum absolute atomic E-state index is 0.147. The van der Waals surface area contributed by atoms with Crippen LogP contribution in [0.4, 0.5) is 11.4 Å². The third-order valence-electron chi connectivity index (χ3n) is 2.82. The van der Waals surface area contributed by atoms with Crippen LogP contribution in [-0.2, 0) is 0 Å². The van der Waals surface area contributed by atoms with Gasteiger partial charge in [0.05, 0.1) is 5.56 Å². The first-order valence-electron chi connectivity index (χ1n) is 6.60. The highest BCUT2D eigenvalue weighted by Crippen LogP contribution is 2.19. The summed E-state index contributed by atoms with van der Waals surface area (Å²) in [6.07, 6.45) is 1.00. The zero-order valence-electron chi connectivity index (χ0n) is 11.3. The molecule has 0 bridgehead atoms. The molecule has 104 valence electrons. The summed E-state index contributed by atoms with van der Waals surface area (Å²) in [5, 5.41) is 6.70. The minimum atomic E-state index is -0.147. The number of carbonyl (C=O) groups excluding carboxylic acids is 1. The highest BCUT2D eigenvalue weighted by atomic mass is 35.5. The van der Waals surface area contributed by atoms with Gasteiger partial charge >= 0.3 is 0 Å². The number of amides is 1. The normalized spacial score (nSPS) is 10.1. The molecule has 0 saturated heterocycles. The van der Waals surface area contributed by atoms with Crippen LogP contribution in [0.3, 0.4) is 0 Å². The lowest BCUT2D eigenvalue weighted by Crippen LogP contribution is -2.15. The van der Waals surface area contributed by atoms with Crippen LogP contribution < -0.4 is 10.6 Å². The standard InChI is InChI=1S/C16H17ClN2O/c1-2-10-18-15-9-4-3-8-14(15)16(20)19-13-7-5-6-12(17)11-13/h3-9,11,18H,2,10H2,1H3,(H,19,20). The van der Waals surface area contributed by atoms with Crippen LogP contribution in [0.2, 0.25) is 5.02 Å². The summed E-state index contributed by atoms with van der Waals surface area (Å²) in [7, 11) is 0. The van der Waals surface area contributed by atoms with Gasteiger partial charge in [0.2, 0.25) is 0 Å². The molecule has 2 N–H and O–H groups in total. The molecule has 2 rings (SSSR count). The summed E-state index contributed by atoms with van der Waals surface area (Å²) in [4.78, 5) is 12.3. The molecule has 0 fully saturated rings. The van der Waals surface area contributed by atoms with E-state index in [0.29, 0.717) is 16.3 Å². The molecule has 0 aliphatic carbocycles. The number of rotatable bonds is 5. The summed E-state index contributed by atoms with van der Waals surface area (Å²) in [5.74, 6) is -0.147. The van der Waals surface area contributed by atoms with E-state index in [2.05, 4.69) is 17.6 Å². The van der Waals surface area contributed by atoms with Crippen molar-refractivity contribution >= 4 is 28.9 Å². The Hall–Kier alpha value is -2.00. The first-order chi connectivity index (χ1) is 9.70. The second-order valence-corrected chi connectivity index (χ2v) is 4.87. The fourth-order valence-corrected chi connectivity index (χ4v) is 2.05. The number of hydrogen-bond acceptors (Lipinski definition) is 2. The Balaban J connectivity index is 2.16. The van der Waals surface area contributed by atoms with E-state index in [1.807, 2.05) is 24.3 Å². The Morgan fingerprint density at radius 2 is 1.95 bits per heavy atom. The monoisotopic (exact) mass is 288 g/mol. The summed E-state index contributed by atoms with van der Waals surface area (Å²) in [6.45, 7) is 2.92. The molecule has 0 saturated carbocycles. The van der Waals surface area contributed by atoms with Gasteiger partial charge in [0.1, 0.15) is 0 Å². The Bertz CT molecular complexity index is 599. The van der Waals surface area contributed by atoms with E-state index in [1.165, 1.54) is 0 Å². The molecule has 1 amide bonds. The van der Waals surface area contributed by atoms with Gasteiger partial charge in [0.15, 0.2) is 0 Å². The van der Waals surface area contributed by atoms with Gasteiger partial charge in [-0.25, -0.2) is 0 Å². The quantitative estimate of drug-likeness (QED) is 0.855. The van der Waals surface area contributed by atoms with Crippen molar-refractivity contribution in [1.29, 1.82) is 0 Å². The van der Waals surface area contributed by atoms with Gasteiger partial charge in [-0.1, -0.05) is 36.7 Å². The smallest absolute Gasteiger partial charge is 0.257 e. The maximum atomic E-state index is 12.3. The predicted octanol–water partition coefficient (Wildman–Crippen LogP) is 4.41. The van der Waals surface area contributed by atoms with Crippen LogP contribution in [0.25, 0.3) is 0 Å². The van der Waals surface area contributed by atoms with Crippen molar-refractivity contribution < 1.29 is 4.79 Å². The van der Waals surface area contributed by atoms with Crippen molar-refractivity contribution in [3.8, 4) is 0 Å². The molecule has 0 spiro atoms. The Morgan fingerprint density at radius 3 is 2.70 bits per heavy atom. The number of carbonyl (C=O) groups is 1. The highest BCUT2D eigenvalue weighted by Gasteiger charge is 2.10. The fourth-order valence-electron chi connectivity index (χ4n) is 1.86. The molecule has 20 heavy (non-hydrogen) atoms. The molecule has 0 atom stereocenters. The summed E-state index contributed by atoms with van der Waals surface area (Å²) in [6, 6.07) is 14.6. The van der Waals surface area contributed by atoms with Crippen LogP contribution in [0, 0.1) is 0 Å². The lowest BCUT2D eigenvalue weighted by molar-refractivity contribution is 0.102. The van der Waals surface area contributed by atoms with Crippen molar-refractivity contribution in [3.63, 3.8) is 0 Å². The second kappa shape index (κ2) is 6.96. The number of nitrogens with one attached hydrogen (secondary N) is 2. The zero-order chi connectivity index (χ0) is 14.4. The van der Waals surface area contributed by atoms with E-state index in [-0.39, 0.29) is 5.91 Å². The maximum Gasteiger partial charge on any atom is 0.257 e. The van der Waals surface area contributed by atoms with Crippen molar-refractivity contribution in [3.05, 3.63) is 59.1 Å². The van der Waals surface area contributed by atoms with E-state index in [4.69, 9.17) is 11.6 Å². The Morgan fingerprint density at radius 1 is 1.15 bits per heavy atom. The lowest BCUT2D eigenvalue weighted by Gasteiger charge is -2.11. The largest absolute Gasteiger partial charge is 0.384 e. The molecule has 0 unspecified atom stereocenters. The van der Waals surface area contributed by atoms with Crippen LogP contribution in [0.15, 0.2) is 48.5 Å². The lowest BCUT2D eigenvalue weighted by atomic mass is 10.1. The first-order valence-corrected chi connectivity index (χ1v) is 6.98. The number of hydrogen-bond donors (Lipinski definition) is 2. The van der Waals surface area contributed by atoms with E-state index < -0.39 is 0 Å². The molecular weight excluding hydrogens is 272 g/mol. The van der Waals surface area contributed by atoms with E-state index in [0.717, 1.165) is 18.7 Å². The Labute approximate surface area is 124 Å². The summed E-state index contributed by atoms with van der Waals surface area (Å²) >= 11 is 5.91. The molecule has 0 heterocycles. The Kier molecular flexibility index (Phi) is 5.02. The first kappa shape index (κ1) is 14.4. The molecule has 2 aromatic rings. The molecule has 4 heteroatoms. The van der Waals surface area contributed by atoms with Gasteiger partial charge < -0.3 is 10.6 Å². The van der Waals surface area contributed by atoms with Crippen molar-refractivity contribution in [2.45, 2.75) is 13.3 Å². The van der Waals surface area contributed by atoms with E-state index in [1.54, 1.807) is 24.3 Å². The molecule has 3 nitrogen and oxygen atoms in total. The average Bonchev–Trinajstić information content (AvgIpc) is 2.45. The highest BCUT2D eigenvalue weighted by molar-refractivity contribution is 6.31. The predicted molar refractivity (Wildman–Crippen MR) is 84.6 cm³/mol. The van der Waals surface area contributed by atoms with E-state index in [9.17, 15) is 4.79 Å². The van der Waals surface area contributed by atoms with E-state index >= 15 is 0 Å². The topological polar surface area (TPSA) is 41.1 Å². The van der Waals surface area contributed by atoms with Gasteiger partial charge in [0.25, 0.3) is 5.91 Å². The number of benzene rings is 2. The minimum Gasteiger partial charge on any atom is -0.384 e. The van der Waals surface area contributed by atoms with Crippen LogP contribution in [-0.4, -0.2) is 12.5 Å². The van der Waals surface area contributed by atoms with Crippen molar-refractivity contribution in [1.82, 2.24) is 0 Å².